The standard InChI is InChI=1S/C20H15ClN2O4/c1-27-15-8-6-14(7-9-15)22-18(12-2-4-13(21)5-3-12)19(20(22)26)23-16(24)10-11-17(23)25/h2-11,18-19H,1H3/t18-,19+/m1/s1. The maximum atomic E-state index is 12.9. The van der Waals surface area contributed by atoms with Crippen LogP contribution in [-0.4, -0.2) is 35.8 Å². The Kier molecular flexibility index (Phi) is 4.20. The van der Waals surface area contributed by atoms with Gasteiger partial charge in [0.2, 0.25) is 0 Å². The number of carbonyl (C=O) groups excluding carboxylic acids is 3. The lowest BCUT2D eigenvalue weighted by Gasteiger charge is -2.49. The van der Waals surface area contributed by atoms with Crippen molar-refractivity contribution in [3.63, 3.8) is 0 Å². The molecule has 1 fully saturated rings. The zero-order valence-corrected chi connectivity index (χ0v) is 15.1. The monoisotopic (exact) mass is 382 g/mol. The van der Waals surface area contributed by atoms with Crippen molar-refractivity contribution in [1.82, 2.24) is 4.90 Å². The molecule has 2 heterocycles. The number of hydrogen-bond acceptors (Lipinski definition) is 4. The summed E-state index contributed by atoms with van der Waals surface area (Å²) in [6.07, 6.45) is 2.37. The van der Waals surface area contributed by atoms with Gasteiger partial charge in [0.25, 0.3) is 17.7 Å². The fourth-order valence-electron chi connectivity index (χ4n) is 3.43. The molecule has 0 N–H and O–H groups in total. The van der Waals surface area contributed by atoms with Gasteiger partial charge in [0.05, 0.1) is 13.2 Å². The minimum Gasteiger partial charge on any atom is -0.497 e. The molecule has 0 saturated carbocycles. The van der Waals surface area contributed by atoms with Crippen LogP contribution in [0.25, 0.3) is 0 Å². The van der Waals surface area contributed by atoms with E-state index in [0.29, 0.717) is 16.5 Å². The van der Waals surface area contributed by atoms with Crippen molar-refractivity contribution >= 4 is 35.0 Å². The molecule has 2 aliphatic heterocycles. The van der Waals surface area contributed by atoms with Crippen LogP contribution in [0.5, 0.6) is 5.75 Å². The van der Waals surface area contributed by atoms with Crippen LogP contribution in [0.4, 0.5) is 5.69 Å². The highest BCUT2D eigenvalue weighted by Gasteiger charge is 2.55. The number of nitrogens with zero attached hydrogens (tertiary/aromatic N) is 2. The molecule has 0 aliphatic carbocycles. The number of amides is 3. The number of imide groups is 1. The molecule has 0 radical (unpaired) electrons. The molecule has 3 amide bonds. The molecule has 6 nitrogen and oxygen atoms in total. The van der Waals surface area contributed by atoms with Gasteiger partial charge < -0.3 is 9.64 Å². The Bertz CT molecular complexity index is 935. The van der Waals surface area contributed by atoms with Crippen LogP contribution in [0.1, 0.15) is 11.6 Å². The largest absolute Gasteiger partial charge is 0.497 e. The lowest BCUT2D eigenvalue weighted by Crippen LogP contribution is -2.67. The highest BCUT2D eigenvalue weighted by molar-refractivity contribution is 6.30. The average Bonchev–Trinajstić information content (AvgIpc) is 3.00. The van der Waals surface area contributed by atoms with Crippen LogP contribution in [0.15, 0.2) is 60.7 Å². The molecule has 27 heavy (non-hydrogen) atoms. The van der Waals surface area contributed by atoms with Gasteiger partial charge in [0, 0.05) is 22.9 Å². The van der Waals surface area contributed by atoms with E-state index in [1.807, 2.05) is 0 Å². The minimum atomic E-state index is -0.886. The topological polar surface area (TPSA) is 66.9 Å². The Morgan fingerprint density at radius 3 is 1.96 bits per heavy atom. The van der Waals surface area contributed by atoms with E-state index >= 15 is 0 Å². The molecule has 2 aromatic carbocycles. The maximum Gasteiger partial charge on any atom is 0.254 e. The van der Waals surface area contributed by atoms with Gasteiger partial charge in [-0.05, 0) is 42.0 Å². The number of β-lactam (4-membered cyclic amide) rings is 1. The van der Waals surface area contributed by atoms with Gasteiger partial charge in [0.15, 0.2) is 0 Å². The molecular weight excluding hydrogens is 368 g/mol. The number of methoxy groups -OCH3 is 1. The summed E-state index contributed by atoms with van der Waals surface area (Å²) < 4.78 is 5.16. The fourth-order valence-corrected chi connectivity index (χ4v) is 3.56. The van der Waals surface area contributed by atoms with E-state index in [2.05, 4.69) is 0 Å². The molecule has 2 atom stereocenters. The second kappa shape index (κ2) is 6.55. The third kappa shape index (κ3) is 2.78. The minimum absolute atomic E-state index is 0.314. The predicted octanol–water partition coefficient (Wildman–Crippen LogP) is 2.73. The summed E-state index contributed by atoms with van der Waals surface area (Å²) in [4.78, 5) is 39.8. The van der Waals surface area contributed by atoms with Gasteiger partial charge in [-0.2, -0.15) is 0 Å². The van der Waals surface area contributed by atoms with E-state index in [9.17, 15) is 14.4 Å². The van der Waals surface area contributed by atoms with Gasteiger partial charge in [-0.25, -0.2) is 0 Å². The Balaban J connectivity index is 1.74. The van der Waals surface area contributed by atoms with E-state index in [0.717, 1.165) is 10.5 Å². The van der Waals surface area contributed by atoms with Crippen LogP contribution in [-0.2, 0) is 14.4 Å². The zero-order chi connectivity index (χ0) is 19.1. The van der Waals surface area contributed by atoms with Crippen molar-refractivity contribution in [2.24, 2.45) is 0 Å². The number of halogens is 1. The van der Waals surface area contributed by atoms with E-state index in [1.165, 1.54) is 12.2 Å². The van der Waals surface area contributed by atoms with Gasteiger partial charge >= 0.3 is 0 Å². The summed E-state index contributed by atoms with van der Waals surface area (Å²) in [5.41, 5.74) is 1.44. The smallest absolute Gasteiger partial charge is 0.254 e. The molecule has 2 aromatic rings. The second-order valence-electron chi connectivity index (χ2n) is 6.23. The summed E-state index contributed by atoms with van der Waals surface area (Å²) in [6, 6.07) is 12.7. The summed E-state index contributed by atoms with van der Waals surface area (Å²) in [5.74, 6) is -0.607. The van der Waals surface area contributed by atoms with Crippen molar-refractivity contribution in [3.05, 3.63) is 71.3 Å². The average molecular weight is 383 g/mol. The van der Waals surface area contributed by atoms with E-state index in [1.54, 1.807) is 60.5 Å². The Hall–Kier alpha value is -3.12. The number of ether oxygens (including phenoxy) is 1. The van der Waals surface area contributed by atoms with Gasteiger partial charge in [0.1, 0.15) is 11.8 Å². The molecule has 0 spiro atoms. The second-order valence-corrected chi connectivity index (χ2v) is 6.66. The van der Waals surface area contributed by atoms with Crippen LogP contribution in [0.3, 0.4) is 0 Å². The van der Waals surface area contributed by atoms with Crippen LogP contribution in [0.2, 0.25) is 5.02 Å². The summed E-state index contributed by atoms with van der Waals surface area (Å²) >= 11 is 5.98. The molecule has 136 valence electrons. The van der Waals surface area contributed by atoms with Gasteiger partial charge in [-0.15, -0.1) is 0 Å². The number of carbonyl (C=O) groups is 3. The first-order valence-electron chi connectivity index (χ1n) is 8.29. The van der Waals surface area contributed by atoms with E-state index in [4.69, 9.17) is 16.3 Å². The first kappa shape index (κ1) is 17.3. The maximum absolute atomic E-state index is 12.9. The Labute approximate surface area is 160 Å². The SMILES string of the molecule is COc1ccc(N2C(=O)[C@@H](N3C(=O)C=CC3=O)[C@H]2c2ccc(Cl)cc2)cc1. The van der Waals surface area contributed by atoms with Crippen molar-refractivity contribution in [3.8, 4) is 5.75 Å². The van der Waals surface area contributed by atoms with Crippen molar-refractivity contribution in [1.29, 1.82) is 0 Å². The first-order chi connectivity index (χ1) is 13.0. The predicted molar refractivity (Wildman–Crippen MR) is 99.5 cm³/mol. The van der Waals surface area contributed by atoms with E-state index < -0.39 is 23.9 Å². The summed E-state index contributed by atoms with van der Waals surface area (Å²) in [7, 11) is 1.56. The summed E-state index contributed by atoms with van der Waals surface area (Å²) in [5, 5.41) is 0.562. The lowest BCUT2D eigenvalue weighted by atomic mass is 9.86. The van der Waals surface area contributed by atoms with Crippen molar-refractivity contribution < 1.29 is 19.1 Å². The molecule has 1 saturated heterocycles. The van der Waals surface area contributed by atoms with Crippen LogP contribution >= 0.6 is 11.6 Å². The molecule has 0 bridgehead atoms. The molecule has 2 aliphatic rings. The molecule has 7 heteroatoms. The highest BCUT2D eigenvalue weighted by atomic mass is 35.5. The normalized spacial score (nSPS) is 21.6. The Morgan fingerprint density at radius 1 is 0.815 bits per heavy atom. The van der Waals surface area contributed by atoms with Gasteiger partial charge in [-0.3, -0.25) is 19.3 Å². The Morgan fingerprint density at radius 2 is 1.41 bits per heavy atom. The molecule has 4 rings (SSSR count). The molecule has 0 unspecified atom stereocenters. The quantitative estimate of drug-likeness (QED) is 0.602. The number of benzene rings is 2. The number of anilines is 1. The third-order valence-electron chi connectivity index (χ3n) is 4.75. The number of rotatable bonds is 4. The van der Waals surface area contributed by atoms with E-state index in [-0.39, 0.29) is 5.91 Å². The van der Waals surface area contributed by atoms with Crippen molar-refractivity contribution in [2.75, 3.05) is 12.0 Å². The third-order valence-corrected chi connectivity index (χ3v) is 5.00. The lowest BCUT2D eigenvalue weighted by molar-refractivity contribution is -0.150. The highest BCUT2D eigenvalue weighted by Crippen LogP contribution is 2.43. The molecule has 0 aromatic heterocycles. The molecular formula is C20H15ClN2O4. The van der Waals surface area contributed by atoms with Crippen LogP contribution < -0.4 is 9.64 Å². The van der Waals surface area contributed by atoms with Crippen molar-refractivity contribution in [2.45, 2.75) is 12.1 Å². The van der Waals surface area contributed by atoms with Crippen LogP contribution in [0, 0.1) is 0 Å². The van der Waals surface area contributed by atoms with Gasteiger partial charge in [-0.1, -0.05) is 23.7 Å². The fraction of sp³-hybridized carbons (Fsp3) is 0.150. The number of hydrogen-bond donors (Lipinski definition) is 0. The first-order valence-corrected chi connectivity index (χ1v) is 8.67. The summed E-state index contributed by atoms with van der Waals surface area (Å²) in [6.45, 7) is 0. The zero-order valence-electron chi connectivity index (χ0n) is 14.3.